The van der Waals surface area contributed by atoms with E-state index < -0.39 is 11.9 Å². The maximum atomic E-state index is 11.4. The van der Waals surface area contributed by atoms with Crippen molar-refractivity contribution in [2.24, 2.45) is 0 Å². The molecule has 1 N–H and O–H groups in total. The third-order valence-electron chi connectivity index (χ3n) is 3.39. The van der Waals surface area contributed by atoms with Crippen LogP contribution < -0.4 is 0 Å². The first kappa shape index (κ1) is 14.3. The van der Waals surface area contributed by atoms with E-state index in [-0.39, 0.29) is 0 Å². The second-order valence-corrected chi connectivity index (χ2v) is 5.12. The summed E-state index contributed by atoms with van der Waals surface area (Å²) in [7, 11) is 0. The number of hydrogen-bond donors (Lipinski definition) is 1. The maximum Gasteiger partial charge on any atom is 0.311 e. The van der Waals surface area contributed by atoms with Crippen LogP contribution in [0.15, 0.2) is 24.3 Å². The fourth-order valence-electron chi connectivity index (χ4n) is 2.29. The van der Waals surface area contributed by atoms with E-state index in [1.54, 1.807) is 18.2 Å². The lowest BCUT2D eigenvalue weighted by molar-refractivity contribution is -0.139. The molecule has 1 aliphatic heterocycles. The zero-order valence-corrected chi connectivity index (χ0v) is 11.5. The number of morpholine rings is 1. The van der Waals surface area contributed by atoms with Crippen LogP contribution in [0.5, 0.6) is 0 Å². The molecule has 1 saturated heterocycles. The van der Waals surface area contributed by atoms with Crippen LogP contribution in [0, 0.1) is 0 Å². The molecule has 1 atom stereocenters. The van der Waals surface area contributed by atoms with E-state index in [1.165, 1.54) is 0 Å². The van der Waals surface area contributed by atoms with Crippen LogP contribution in [0.2, 0.25) is 5.02 Å². The summed E-state index contributed by atoms with van der Waals surface area (Å²) in [4.78, 5) is 13.6. The van der Waals surface area contributed by atoms with Crippen molar-refractivity contribution in [2.45, 2.75) is 12.3 Å². The highest BCUT2D eigenvalue weighted by Crippen LogP contribution is 2.23. The van der Waals surface area contributed by atoms with Gasteiger partial charge in [-0.2, -0.15) is 0 Å². The van der Waals surface area contributed by atoms with E-state index in [0.29, 0.717) is 11.4 Å². The standard InChI is InChI=1S/C14H18ClNO3/c15-12-3-1-2-11(10-12)13(14(17)18)4-5-16-6-8-19-9-7-16/h1-3,10,13H,4-9H2,(H,17,18)/t13-/m0/s1. The second-order valence-electron chi connectivity index (χ2n) is 4.69. The molecule has 19 heavy (non-hydrogen) atoms. The highest BCUT2D eigenvalue weighted by Gasteiger charge is 2.21. The molecule has 0 saturated carbocycles. The predicted octanol–water partition coefficient (Wildman–Crippen LogP) is 2.23. The molecule has 0 aliphatic carbocycles. The van der Waals surface area contributed by atoms with Gasteiger partial charge in [0.15, 0.2) is 0 Å². The summed E-state index contributed by atoms with van der Waals surface area (Å²) in [6.07, 6.45) is 0.593. The van der Waals surface area contributed by atoms with Gasteiger partial charge in [-0.15, -0.1) is 0 Å². The van der Waals surface area contributed by atoms with Gasteiger partial charge in [-0.05, 0) is 30.7 Å². The Labute approximate surface area is 117 Å². The van der Waals surface area contributed by atoms with Crippen LogP contribution in [0.25, 0.3) is 0 Å². The van der Waals surface area contributed by atoms with E-state index in [1.807, 2.05) is 6.07 Å². The van der Waals surface area contributed by atoms with E-state index in [0.717, 1.165) is 38.4 Å². The monoisotopic (exact) mass is 283 g/mol. The Morgan fingerprint density at radius 2 is 2.16 bits per heavy atom. The van der Waals surface area contributed by atoms with Crippen LogP contribution in [-0.2, 0) is 9.53 Å². The summed E-state index contributed by atoms with van der Waals surface area (Å²) >= 11 is 5.92. The largest absolute Gasteiger partial charge is 0.481 e. The highest BCUT2D eigenvalue weighted by atomic mass is 35.5. The Balaban J connectivity index is 1.98. The minimum atomic E-state index is -0.796. The fourth-order valence-corrected chi connectivity index (χ4v) is 2.49. The van der Waals surface area contributed by atoms with Gasteiger partial charge in [0.2, 0.25) is 0 Å². The van der Waals surface area contributed by atoms with Crippen LogP contribution in [0.1, 0.15) is 17.9 Å². The van der Waals surface area contributed by atoms with Gasteiger partial charge in [0.25, 0.3) is 0 Å². The van der Waals surface area contributed by atoms with E-state index in [4.69, 9.17) is 16.3 Å². The van der Waals surface area contributed by atoms with E-state index in [2.05, 4.69) is 4.90 Å². The van der Waals surface area contributed by atoms with Crippen molar-refractivity contribution < 1.29 is 14.6 Å². The molecule has 1 heterocycles. The highest BCUT2D eigenvalue weighted by molar-refractivity contribution is 6.30. The molecular weight excluding hydrogens is 266 g/mol. The SMILES string of the molecule is O=C(O)[C@@H](CCN1CCOCC1)c1cccc(Cl)c1. The Bertz CT molecular complexity index is 432. The van der Waals surface area contributed by atoms with Gasteiger partial charge in [-0.25, -0.2) is 0 Å². The van der Waals surface area contributed by atoms with Crippen molar-refractivity contribution in [1.29, 1.82) is 0 Å². The lowest BCUT2D eigenvalue weighted by atomic mass is 9.95. The molecule has 4 nitrogen and oxygen atoms in total. The molecule has 0 aromatic heterocycles. The second kappa shape index (κ2) is 6.89. The first-order chi connectivity index (χ1) is 9.16. The Morgan fingerprint density at radius 1 is 1.42 bits per heavy atom. The van der Waals surface area contributed by atoms with Gasteiger partial charge in [0.1, 0.15) is 0 Å². The van der Waals surface area contributed by atoms with Crippen molar-refractivity contribution in [3.05, 3.63) is 34.9 Å². The molecule has 0 spiro atoms. The molecule has 0 radical (unpaired) electrons. The molecule has 1 fully saturated rings. The van der Waals surface area contributed by atoms with Crippen LogP contribution in [0.4, 0.5) is 0 Å². The smallest absolute Gasteiger partial charge is 0.311 e. The van der Waals surface area contributed by atoms with Crippen LogP contribution in [0.3, 0.4) is 0 Å². The third-order valence-corrected chi connectivity index (χ3v) is 3.62. The van der Waals surface area contributed by atoms with Crippen LogP contribution in [-0.4, -0.2) is 48.8 Å². The summed E-state index contributed by atoms with van der Waals surface area (Å²) in [6, 6.07) is 7.11. The van der Waals surface area contributed by atoms with Crippen molar-refractivity contribution >= 4 is 17.6 Å². The molecule has 104 valence electrons. The van der Waals surface area contributed by atoms with Gasteiger partial charge in [-0.3, -0.25) is 9.69 Å². The molecule has 0 amide bonds. The van der Waals surface area contributed by atoms with Gasteiger partial charge in [0.05, 0.1) is 19.1 Å². The number of benzene rings is 1. The van der Waals surface area contributed by atoms with Crippen molar-refractivity contribution in [3.8, 4) is 0 Å². The molecule has 1 aliphatic rings. The maximum absolute atomic E-state index is 11.4. The van der Waals surface area contributed by atoms with Crippen molar-refractivity contribution in [1.82, 2.24) is 4.90 Å². The number of carbonyl (C=O) groups is 1. The van der Waals surface area contributed by atoms with Crippen molar-refractivity contribution in [2.75, 3.05) is 32.8 Å². The van der Waals surface area contributed by atoms with Gasteiger partial charge in [-0.1, -0.05) is 23.7 Å². The molecule has 1 aromatic carbocycles. The first-order valence-electron chi connectivity index (χ1n) is 6.45. The van der Waals surface area contributed by atoms with Gasteiger partial charge in [0, 0.05) is 18.1 Å². The average Bonchev–Trinajstić information content (AvgIpc) is 2.40. The van der Waals surface area contributed by atoms with Crippen molar-refractivity contribution in [3.63, 3.8) is 0 Å². The average molecular weight is 284 g/mol. The number of halogens is 1. The number of ether oxygens (including phenoxy) is 1. The summed E-state index contributed by atoms with van der Waals surface area (Å²) in [5, 5.41) is 9.94. The lowest BCUT2D eigenvalue weighted by Gasteiger charge is -2.27. The summed E-state index contributed by atoms with van der Waals surface area (Å²) in [5.41, 5.74) is 0.772. The quantitative estimate of drug-likeness (QED) is 0.900. The number of aliphatic carboxylic acids is 1. The molecule has 1 aromatic rings. The molecule has 0 unspecified atom stereocenters. The fraction of sp³-hybridized carbons (Fsp3) is 0.500. The van der Waals surface area contributed by atoms with E-state index in [9.17, 15) is 9.90 Å². The summed E-state index contributed by atoms with van der Waals surface area (Å²) in [5.74, 6) is -1.29. The van der Waals surface area contributed by atoms with Crippen LogP contribution >= 0.6 is 11.6 Å². The normalized spacial score (nSPS) is 18.2. The van der Waals surface area contributed by atoms with Gasteiger partial charge < -0.3 is 9.84 Å². The summed E-state index contributed by atoms with van der Waals surface area (Å²) < 4.78 is 5.28. The molecular formula is C14H18ClNO3. The zero-order chi connectivity index (χ0) is 13.7. The molecule has 5 heteroatoms. The number of nitrogens with zero attached hydrogens (tertiary/aromatic N) is 1. The third kappa shape index (κ3) is 4.20. The molecule has 0 bridgehead atoms. The van der Waals surface area contributed by atoms with E-state index >= 15 is 0 Å². The Hall–Kier alpha value is -1.10. The predicted molar refractivity (Wildman–Crippen MR) is 73.7 cm³/mol. The minimum Gasteiger partial charge on any atom is -0.481 e. The first-order valence-corrected chi connectivity index (χ1v) is 6.83. The number of carboxylic acid groups (broad SMARTS) is 1. The minimum absolute atomic E-state index is 0.499. The molecule has 2 rings (SSSR count). The topological polar surface area (TPSA) is 49.8 Å². The van der Waals surface area contributed by atoms with Gasteiger partial charge >= 0.3 is 5.97 Å². The number of carboxylic acids is 1. The zero-order valence-electron chi connectivity index (χ0n) is 10.7. The number of rotatable bonds is 5. The Morgan fingerprint density at radius 3 is 2.79 bits per heavy atom. The number of hydrogen-bond acceptors (Lipinski definition) is 3. The Kier molecular flexibility index (Phi) is 5.19. The lowest BCUT2D eigenvalue weighted by Crippen LogP contribution is -2.37. The summed E-state index contributed by atoms with van der Waals surface area (Å²) in [6.45, 7) is 3.99.